The second kappa shape index (κ2) is 7.34. The van der Waals surface area contributed by atoms with E-state index in [1.54, 1.807) is 0 Å². The lowest BCUT2D eigenvalue weighted by molar-refractivity contribution is -0.384. The number of benzene rings is 2. The molecule has 1 heterocycles. The largest absolute Gasteiger partial charge is 0.447 e. The second-order valence-electron chi connectivity index (χ2n) is 5.60. The van der Waals surface area contributed by atoms with Gasteiger partial charge in [-0.2, -0.15) is 0 Å². The van der Waals surface area contributed by atoms with Gasteiger partial charge in [0.15, 0.2) is 0 Å². The standard InChI is InChI=1S/C17H15F2N3O4/c18-13-2-1-3-14(19)12(13)6-7-20-15-5-4-11(22(24)25)10-16(15)21-8-9-26-17(21)23/h1-5,10,20H,6-9H2. The molecule has 1 aliphatic rings. The van der Waals surface area contributed by atoms with E-state index in [9.17, 15) is 23.7 Å². The molecule has 1 amide bonds. The van der Waals surface area contributed by atoms with Gasteiger partial charge in [0, 0.05) is 24.2 Å². The molecule has 0 saturated carbocycles. The summed E-state index contributed by atoms with van der Waals surface area (Å²) in [6, 6.07) is 7.65. The lowest BCUT2D eigenvalue weighted by Gasteiger charge is -2.18. The Bertz CT molecular complexity index is 840. The van der Waals surface area contributed by atoms with E-state index in [1.807, 2.05) is 0 Å². The molecule has 0 spiro atoms. The predicted molar refractivity (Wildman–Crippen MR) is 90.3 cm³/mol. The van der Waals surface area contributed by atoms with Crippen molar-refractivity contribution in [3.05, 3.63) is 63.7 Å². The van der Waals surface area contributed by atoms with Gasteiger partial charge in [-0.25, -0.2) is 13.6 Å². The van der Waals surface area contributed by atoms with Gasteiger partial charge in [0.1, 0.15) is 18.2 Å². The molecule has 0 radical (unpaired) electrons. The van der Waals surface area contributed by atoms with Crippen LogP contribution >= 0.6 is 0 Å². The average Bonchev–Trinajstić information content (AvgIpc) is 3.03. The van der Waals surface area contributed by atoms with Crippen LogP contribution in [0.1, 0.15) is 5.56 Å². The number of nitro groups is 1. The van der Waals surface area contributed by atoms with Gasteiger partial charge in [-0.3, -0.25) is 15.0 Å². The minimum absolute atomic E-state index is 0.0518. The summed E-state index contributed by atoms with van der Waals surface area (Å²) in [6.45, 7) is 0.615. The van der Waals surface area contributed by atoms with E-state index in [1.165, 1.54) is 41.3 Å². The number of nitrogens with one attached hydrogen (secondary N) is 1. The van der Waals surface area contributed by atoms with E-state index in [2.05, 4.69) is 5.32 Å². The Balaban J connectivity index is 1.80. The van der Waals surface area contributed by atoms with E-state index < -0.39 is 22.7 Å². The molecule has 0 aliphatic carbocycles. The molecule has 1 fully saturated rings. The van der Waals surface area contributed by atoms with Gasteiger partial charge in [0.25, 0.3) is 5.69 Å². The lowest BCUT2D eigenvalue weighted by Crippen LogP contribution is -2.25. The van der Waals surface area contributed by atoms with E-state index in [0.29, 0.717) is 5.69 Å². The van der Waals surface area contributed by atoms with E-state index in [-0.39, 0.29) is 43.1 Å². The number of amides is 1. The van der Waals surface area contributed by atoms with Crippen LogP contribution in [0.4, 0.5) is 30.6 Å². The van der Waals surface area contributed by atoms with Gasteiger partial charge in [-0.1, -0.05) is 6.07 Å². The van der Waals surface area contributed by atoms with Crippen molar-refractivity contribution in [3.8, 4) is 0 Å². The Hall–Kier alpha value is -3.23. The molecule has 1 N–H and O–H groups in total. The maximum atomic E-state index is 13.7. The Labute approximate surface area is 147 Å². The number of ether oxygens (including phenoxy) is 1. The average molecular weight is 363 g/mol. The first-order valence-electron chi connectivity index (χ1n) is 7.87. The summed E-state index contributed by atoms with van der Waals surface area (Å²) in [6.07, 6.45) is -0.534. The SMILES string of the molecule is O=C1OCCN1c1cc([N+](=O)[O-])ccc1NCCc1c(F)cccc1F. The molecule has 0 aromatic heterocycles. The van der Waals surface area contributed by atoms with Crippen molar-refractivity contribution in [1.29, 1.82) is 0 Å². The van der Waals surface area contributed by atoms with Crippen LogP contribution in [0, 0.1) is 21.7 Å². The lowest BCUT2D eigenvalue weighted by atomic mass is 10.1. The molecule has 1 aliphatic heterocycles. The Morgan fingerprint density at radius 2 is 1.96 bits per heavy atom. The fraction of sp³-hybridized carbons (Fsp3) is 0.235. The van der Waals surface area contributed by atoms with Crippen LogP contribution in [0.25, 0.3) is 0 Å². The zero-order chi connectivity index (χ0) is 18.7. The van der Waals surface area contributed by atoms with Gasteiger partial charge in [0.05, 0.1) is 22.8 Å². The second-order valence-corrected chi connectivity index (χ2v) is 5.60. The van der Waals surface area contributed by atoms with Crippen LogP contribution in [0.2, 0.25) is 0 Å². The fourth-order valence-corrected chi connectivity index (χ4v) is 2.71. The van der Waals surface area contributed by atoms with Crippen molar-refractivity contribution in [2.24, 2.45) is 0 Å². The van der Waals surface area contributed by atoms with E-state index in [0.717, 1.165) is 0 Å². The highest BCUT2D eigenvalue weighted by molar-refractivity contribution is 5.94. The molecule has 0 unspecified atom stereocenters. The summed E-state index contributed by atoms with van der Waals surface area (Å²) in [5.41, 5.74) is 0.497. The maximum absolute atomic E-state index is 13.7. The molecule has 7 nitrogen and oxygen atoms in total. The van der Waals surface area contributed by atoms with Crippen LogP contribution in [0.3, 0.4) is 0 Å². The highest BCUT2D eigenvalue weighted by Crippen LogP contribution is 2.32. The first-order chi connectivity index (χ1) is 12.5. The zero-order valence-electron chi connectivity index (χ0n) is 13.6. The number of carbonyl (C=O) groups is 1. The number of nitrogens with zero attached hydrogens (tertiary/aromatic N) is 2. The fourth-order valence-electron chi connectivity index (χ4n) is 2.71. The van der Waals surface area contributed by atoms with Crippen molar-refractivity contribution in [1.82, 2.24) is 0 Å². The summed E-state index contributed by atoms with van der Waals surface area (Å²) >= 11 is 0. The van der Waals surface area contributed by atoms with Crippen molar-refractivity contribution >= 4 is 23.2 Å². The monoisotopic (exact) mass is 363 g/mol. The van der Waals surface area contributed by atoms with Gasteiger partial charge >= 0.3 is 6.09 Å². The highest BCUT2D eigenvalue weighted by atomic mass is 19.1. The quantitative estimate of drug-likeness (QED) is 0.627. The molecule has 0 atom stereocenters. The third kappa shape index (κ3) is 3.56. The molecule has 2 aromatic rings. The number of rotatable bonds is 6. The first kappa shape index (κ1) is 17.6. The van der Waals surface area contributed by atoms with Gasteiger partial charge < -0.3 is 10.1 Å². The molecular formula is C17H15F2N3O4. The zero-order valence-corrected chi connectivity index (χ0v) is 13.6. The molecule has 0 bridgehead atoms. The van der Waals surface area contributed by atoms with Crippen LogP contribution < -0.4 is 10.2 Å². The van der Waals surface area contributed by atoms with E-state index >= 15 is 0 Å². The number of cyclic esters (lactones) is 1. The smallest absolute Gasteiger partial charge is 0.414 e. The number of nitro benzene ring substituents is 1. The Morgan fingerprint density at radius 1 is 1.23 bits per heavy atom. The van der Waals surface area contributed by atoms with Crippen LogP contribution in [-0.2, 0) is 11.2 Å². The number of anilines is 2. The summed E-state index contributed by atoms with van der Waals surface area (Å²) in [4.78, 5) is 23.5. The van der Waals surface area contributed by atoms with E-state index in [4.69, 9.17) is 4.74 Å². The molecule has 2 aromatic carbocycles. The number of halogens is 2. The summed E-state index contributed by atoms with van der Waals surface area (Å²) in [7, 11) is 0. The van der Waals surface area contributed by atoms with Crippen molar-refractivity contribution in [3.63, 3.8) is 0 Å². The van der Waals surface area contributed by atoms with Crippen LogP contribution in [-0.4, -0.2) is 30.7 Å². The molecule has 1 saturated heterocycles. The molecular weight excluding hydrogens is 348 g/mol. The van der Waals surface area contributed by atoms with Crippen molar-refractivity contribution < 1.29 is 23.2 Å². The molecule has 9 heteroatoms. The third-order valence-corrected chi connectivity index (χ3v) is 4.00. The van der Waals surface area contributed by atoms with Crippen LogP contribution in [0.5, 0.6) is 0 Å². The number of hydrogen-bond acceptors (Lipinski definition) is 5. The van der Waals surface area contributed by atoms with Crippen LogP contribution in [0.15, 0.2) is 36.4 Å². The molecule has 136 valence electrons. The summed E-state index contributed by atoms with van der Waals surface area (Å²) < 4.78 is 32.2. The summed E-state index contributed by atoms with van der Waals surface area (Å²) in [5.74, 6) is -1.28. The van der Waals surface area contributed by atoms with Crippen molar-refractivity contribution in [2.45, 2.75) is 6.42 Å². The number of hydrogen-bond donors (Lipinski definition) is 1. The minimum Gasteiger partial charge on any atom is -0.447 e. The predicted octanol–water partition coefficient (Wildman–Crippen LogP) is 3.48. The maximum Gasteiger partial charge on any atom is 0.414 e. The summed E-state index contributed by atoms with van der Waals surface area (Å²) in [5, 5.41) is 14.0. The van der Waals surface area contributed by atoms with Gasteiger partial charge in [0.2, 0.25) is 0 Å². The first-order valence-corrected chi connectivity index (χ1v) is 7.87. The van der Waals surface area contributed by atoms with Crippen molar-refractivity contribution in [2.75, 3.05) is 29.9 Å². The normalized spacial score (nSPS) is 13.6. The third-order valence-electron chi connectivity index (χ3n) is 4.00. The molecule has 3 rings (SSSR count). The number of non-ortho nitro benzene ring substituents is 1. The molecule has 26 heavy (non-hydrogen) atoms. The topological polar surface area (TPSA) is 84.7 Å². The van der Waals surface area contributed by atoms with Gasteiger partial charge in [-0.15, -0.1) is 0 Å². The Morgan fingerprint density at radius 3 is 2.58 bits per heavy atom. The highest BCUT2D eigenvalue weighted by Gasteiger charge is 2.27. The number of carbonyl (C=O) groups excluding carboxylic acids is 1. The minimum atomic E-state index is -0.640. The Kier molecular flexibility index (Phi) is 4.97. The van der Waals surface area contributed by atoms with Gasteiger partial charge in [-0.05, 0) is 24.6 Å².